The van der Waals surface area contributed by atoms with Gasteiger partial charge in [-0.25, -0.2) is 0 Å². The molecular weight excluding hydrogens is 352 g/mol. The topological polar surface area (TPSA) is 58.6 Å². The highest BCUT2D eigenvalue weighted by Gasteiger charge is 2.25. The monoisotopic (exact) mass is 372 g/mol. The van der Waals surface area contributed by atoms with Crippen LogP contribution in [0.5, 0.6) is 11.5 Å². The zero-order valence-electron chi connectivity index (χ0n) is 15.3. The lowest BCUT2D eigenvalue weighted by Gasteiger charge is -2.17. The van der Waals surface area contributed by atoms with Crippen molar-refractivity contribution in [3.63, 3.8) is 0 Å². The number of para-hydroxylation sites is 4. The molecule has 0 spiro atoms. The Balaban J connectivity index is 1.43. The number of carbonyl (C=O) groups is 2. The summed E-state index contributed by atoms with van der Waals surface area (Å²) in [4.78, 5) is 26.8. The van der Waals surface area contributed by atoms with Gasteiger partial charge >= 0.3 is 0 Å². The molecule has 1 aliphatic rings. The number of anilines is 2. The summed E-state index contributed by atoms with van der Waals surface area (Å²) in [6, 6.07) is 24.3. The van der Waals surface area contributed by atoms with Gasteiger partial charge in [0.15, 0.2) is 5.75 Å². The molecule has 3 aromatic carbocycles. The molecule has 0 unspecified atom stereocenters. The molecule has 0 aliphatic carbocycles. The molecule has 4 rings (SSSR count). The third kappa shape index (κ3) is 3.88. The fraction of sp³-hybridized carbons (Fsp3) is 0.130. The van der Waals surface area contributed by atoms with Crippen LogP contribution in [0, 0.1) is 0 Å². The van der Waals surface area contributed by atoms with E-state index in [1.165, 1.54) is 0 Å². The lowest BCUT2D eigenvalue weighted by Crippen LogP contribution is -2.32. The predicted molar refractivity (Wildman–Crippen MR) is 109 cm³/mol. The molecule has 2 amide bonds. The third-order valence-electron chi connectivity index (χ3n) is 4.63. The van der Waals surface area contributed by atoms with Gasteiger partial charge in [0.2, 0.25) is 11.8 Å². The van der Waals surface area contributed by atoms with Gasteiger partial charge in [-0.2, -0.15) is 0 Å². The van der Waals surface area contributed by atoms with E-state index in [1.807, 2.05) is 66.7 Å². The summed E-state index contributed by atoms with van der Waals surface area (Å²) < 4.78 is 5.85. The maximum atomic E-state index is 12.6. The van der Waals surface area contributed by atoms with E-state index >= 15 is 0 Å². The molecule has 0 atom stereocenters. The van der Waals surface area contributed by atoms with E-state index in [1.54, 1.807) is 17.0 Å². The summed E-state index contributed by atoms with van der Waals surface area (Å²) in [5.41, 5.74) is 2.57. The largest absolute Gasteiger partial charge is 0.455 e. The Morgan fingerprint density at radius 2 is 1.61 bits per heavy atom. The number of amides is 2. The van der Waals surface area contributed by atoms with Crippen LogP contribution >= 0.6 is 0 Å². The van der Waals surface area contributed by atoms with Gasteiger partial charge in [-0.05, 0) is 42.3 Å². The minimum Gasteiger partial charge on any atom is -0.455 e. The Morgan fingerprint density at radius 1 is 0.893 bits per heavy atom. The maximum absolute atomic E-state index is 12.6. The average molecular weight is 372 g/mol. The summed E-state index contributed by atoms with van der Waals surface area (Å²) in [6.07, 6.45) is 0.602. The van der Waals surface area contributed by atoms with Crippen LogP contribution in [0.15, 0.2) is 78.9 Å². The van der Waals surface area contributed by atoms with Crippen LogP contribution in [0.4, 0.5) is 11.4 Å². The number of carbonyl (C=O) groups excluding carboxylic acids is 2. The van der Waals surface area contributed by atoms with Crippen molar-refractivity contribution in [1.29, 1.82) is 0 Å². The van der Waals surface area contributed by atoms with Crippen molar-refractivity contribution in [2.45, 2.75) is 12.8 Å². The Labute approximate surface area is 163 Å². The van der Waals surface area contributed by atoms with Gasteiger partial charge < -0.3 is 15.0 Å². The number of fused-ring (bicyclic) bond motifs is 1. The van der Waals surface area contributed by atoms with Crippen LogP contribution in [-0.2, 0) is 16.0 Å². The fourth-order valence-electron chi connectivity index (χ4n) is 3.30. The summed E-state index contributed by atoms with van der Waals surface area (Å²) in [7, 11) is 0. The summed E-state index contributed by atoms with van der Waals surface area (Å²) in [6.45, 7) is 0.610. The first-order chi connectivity index (χ1) is 13.7. The van der Waals surface area contributed by atoms with Gasteiger partial charge in [0.1, 0.15) is 12.2 Å². The van der Waals surface area contributed by atoms with Crippen LogP contribution in [0.25, 0.3) is 0 Å². The highest BCUT2D eigenvalue weighted by molar-refractivity contribution is 6.10. The van der Waals surface area contributed by atoms with Crippen molar-refractivity contribution in [1.82, 2.24) is 0 Å². The number of nitrogens with zero attached hydrogens (tertiary/aromatic N) is 1. The molecule has 3 aromatic rings. The number of hydrogen-bond donors (Lipinski definition) is 1. The highest BCUT2D eigenvalue weighted by atomic mass is 16.5. The lowest BCUT2D eigenvalue weighted by atomic mass is 10.2. The van der Waals surface area contributed by atoms with E-state index in [-0.39, 0.29) is 18.2 Å². The predicted octanol–water partition coefficient (Wildman–Crippen LogP) is 4.40. The van der Waals surface area contributed by atoms with Crippen molar-refractivity contribution in [2.75, 3.05) is 16.8 Å². The lowest BCUT2D eigenvalue weighted by molar-refractivity contribution is -0.125. The number of ether oxygens (including phenoxy) is 1. The molecule has 0 saturated carbocycles. The number of nitrogens with one attached hydrogen (secondary N) is 1. The van der Waals surface area contributed by atoms with E-state index in [0.29, 0.717) is 23.7 Å². The van der Waals surface area contributed by atoms with Crippen LogP contribution in [0.2, 0.25) is 0 Å². The van der Waals surface area contributed by atoms with Gasteiger partial charge in [0, 0.05) is 12.2 Å². The van der Waals surface area contributed by atoms with Gasteiger partial charge in [-0.1, -0.05) is 48.5 Å². The zero-order chi connectivity index (χ0) is 19.3. The normalized spacial score (nSPS) is 12.4. The second kappa shape index (κ2) is 7.96. The molecule has 28 heavy (non-hydrogen) atoms. The Morgan fingerprint density at radius 3 is 2.46 bits per heavy atom. The third-order valence-corrected chi connectivity index (χ3v) is 4.63. The highest BCUT2D eigenvalue weighted by Crippen LogP contribution is 2.30. The van der Waals surface area contributed by atoms with Gasteiger partial charge in [-0.15, -0.1) is 0 Å². The van der Waals surface area contributed by atoms with E-state index in [2.05, 4.69) is 5.32 Å². The van der Waals surface area contributed by atoms with Gasteiger partial charge in [-0.3, -0.25) is 9.59 Å². The molecule has 1 aliphatic heterocycles. The van der Waals surface area contributed by atoms with Crippen LogP contribution in [0.1, 0.15) is 12.0 Å². The van der Waals surface area contributed by atoms with Gasteiger partial charge in [0.25, 0.3) is 0 Å². The van der Waals surface area contributed by atoms with E-state index < -0.39 is 0 Å². The first-order valence-electron chi connectivity index (χ1n) is 9.21. The molecular formula is C23H20N2O3. The maximum Gasteiger partial charge on any atom is 0.236 e. The minimum absolute atomic E-state index is 0.205. The average Bonchev–Trinajstić information content (AvgIpc) is 3.14. The minimum atomic E-state index is -0.363. The second-order valence-corrected chi connectivity index (χ2v) is 6.56. The van der Waals surface area contributed by atoms with E-state index in [9.17, 15) is 9.59 Å². The molecule has 1 N–H and O–H groups in total. The first kappa shape index (κ1) is 17.8. The van der Waals surface area contributed by atoms with E-state index in [4.69, 9.17) is 4.74 Å². The van der Waals surface area contributed by atoms with Crippen molar-refractivity contribution < 1.29 is 14.3 Å². The molecule has 0 bridgehead atoms. The first-order valence-corrected chi connectivity index (χ1v) is 9.21. The molecule has 5 nitrogen and oxygen atoms in total. The van der Waals surface area contributed by atoms with E-state index in [0.717, 1.165) is 17.7 Å². The number of benzene rings is 3. The fourth-order valence-corrected chi connectivity index (χ4v) is 3.30. The number of rotatable bonds is 5. The molecule has 5 heteroatoms. The summed E-state index contributed by atoms with van der Waals surface area (Å²) >= 11 is 0. The van der Waals surface area contributed by atoms with Gasteiger partial charge in [0.05, 0.1) is 5.69 Å². The SMILES string of the molecule is O=C(CC(=O)N1CCc2ccccc21)Nc1ccccc1Oc1ccccc1. The Bertz CT molecular complexity index is 1000. The van der Waals surface area contributed by atoms with Crippen molar-refractivity contribution in [2.24, 2.45) is 0 Å². The second-order valence-electron chi connectivity index (χ2n) is 6.56. The van der Waals surface area contributed by atoms with Crippen molar-refractivity contribution >= 4 is 23.2 Å². The molecule has 0 saturated heterocycles. The molecule has 1 heterocycles. The van der Waals surface area contributed by atoms with Crippen LogP contribution < -0.4 is 15.0 Å². The quantitative estimate of drug-likeness (QED) is 0.676. The van der Waals surface area contributed by atoms with Crippen LogP contribution in [-0.4, -0.2) is 18.4 Å². The Hall–Kier alpha value is -3.60. The summed E-state index contributed by atoms with van der Waals surface area (Å²) in [5, 5.41) is 2.80. The molecule has 0 aromatic heterocycles. The zero-order valence-corrected chi connectivity index (χ0v) is 15.3. The van der Waals surface area contributed by atoms with Crippen molar-refractivity contribution in [3.8, 4) is 11.5 Å². The molecule has 0 fully saturated rings. The smallest absolute Gasteiger partial charge is 0.236 e. The molecule has 140 valence electrons. The Kier molecular flexibility index (Phi) is 5.06. The summed E-state index contributed by atoms with van der Waals surface area (Å²) in [5.74, 6) is 0.636. The molecule has 0 radical (unpaired) electrons. The van der Waals surface area contributed by atoms with Crippen molar-refractivity contribution in [3.05, 3.63) is 84.4 Å². The standard InChI is InChI=1S/C23H20N2O3/c26-22(16-23(27)25-15-14-17-8-4-6-12-20(17)25)24-19-11-5-7-13-21(19)28-18-9-2-1-3-10-18/h1-13H,14-16H2,(H,24,26). The van der Waals surface area contributed by atoms with Crippen LogP contribution in [0.3, 0.4) is 0 Å². The number of hydrogen-bond acceptors (Lipinski definition) is 3.